The summed E-state index contributed by atoms with van der Waals surface area (Å²) < 4.78 is 77.7. The van der Waals surface area contributed by atoms with Gasteiger partial charge in [0.25, 0.3) is 0 Å². The van der Waals surface area contributed by atoms with Crippen LogP contribution >= 0.6 is 0 Å². The molecule has 0 saturated carbocycles. The second kappa shape index (κ2) is 88.8. The van der Waals surface area contributed by atoms with Gasteiger partial charge in [-0.1, -0.05) is 542 Å². The van der Waals surface area contributed by atoms with Gasteiger partial charge in [0, 0.05) is 28.6 Å². The number of carbonyl (C=O) groups excluding carboxylic acids is 1. The van der Waals surface area contributed by atoms with Crippen molar-refractivity contribution < 1.29 is 46.5 Å². The molecule has 0 aliphatic heterocycles. The number of benzene rings is 2. The number of ketones is 1. The van der Waals surface area contributed by atoms with Crippen molar-refractivity contribution in [2.75, 3.05) is 39.6 Å². The van der Waals surface area contributed by atoms with Crippen molar-refractivity contribution in [2.24, 2.45) is 0 Å². The Bertz CT molecular complexity index is 3300. The van der Waals surface area contributed by atoms with Crippen LogP contribution in [0.25, 0.3) is 28.3 Å². The molecular formula is C123H217BF2N2O8. The maximum atomic E-state index is 15.3. The van der Waals surface area contributed by atoms with E-state index < -0.39 is 13.3 Å². The summed E-state index contributed by atoms with van der Waals surface area (Å²) in [5.74, 6) is 3.09. The maximum Gasteiger partial charge on any atom is 0.796 e. The van der Waals surface area contributed by atoms with Gasteiger partial charge in [0.05, 0.1) is 51.0 Å². The highest BCUT2D eigenvalue weighted by Crippen LogP contribution is 2.47. The molecule has 2 aromatic carbocycles. The molecule has 0 atom stereocenters. The number of H-pyrrole nitrogens is 2. The molecule has 13 heteroatoms. The van der Waals surface area contributed by atoms with Crippen LogP contribution in [-0.2, 0) is 4.65 Å². The summed E-state index contributed by atoms with van der Waals surface area (Å²) in [6.07, 6.45) is 109. The van der Waals surface area contributed by atoms with Gasteiger partial charge in [0.1, 0.15) is 5.76 Å². The van der Waals surface area contributed by atoms with Gasteiger partial charge in [0.15, 0.2) is 23.0 Å². The molecule has 0 amide bonds. The first-order valence-corrected chi connectivity index (χ1v) is 59.7. The Morgan fingerprint density at radius 2 is 0.397 bits per heavy atom. The van der Waals surface area contributed by atoms with Gasteiger partial charge in [-0.05, 0) is 113 Å². The van der Waals surface area contributed by atoms with E-state index in [1.165, 1.54) is 468 Å². The molecule has 4 aromatic rings. The monoisotopic (exact) mass is 1900 g/mol. The summed E-state index contributed by atoms with van der Waals surface area (Å²) in [7, 11) is -3.21. The highest BCUT2D eigenvalue weighted by molar-refractivity contribution is 6.36. The first-order valence-electron chi connectivity index (χ1n) is 59.7. The fourth-order valence-electron chi connectivity index (χ4n) is 19.9. The number of halogens is 2. The number of unbranched alkanes of at least 4 members (excludes halogenated alkanes) is 78. The van der Waals surface area contributed by atoms with Crippen LogP contribution in [0.15, 0.2) is 30.3 Å². The predicted molar refractivity (Wildman–Crippen MR) is 588 cm³/mol. The Balaban J connectivity index is 1.72. The molecule has 0 saturated heterocycles. The molecule has 4 rings (SSSR count). The summed E-state index contributed by atoms with van der Waals surface area (Å²) in [4.78, 5) is 22.5. The topological polar surface area (TPSA) is 113 Å². The average Bonchev–Trinajstić information content (AvgIpc) is 1.61. The fraction of sp³-hybridized carbons (Fsp3) is 0.813. The SMILES string of the molecule is CCCCCCCCCCCCCCCCOc1cc(-c2[nH]c(C(=O)/C=C(\OB(F)F)c3[nH]c(-c4cc(OCCCCCCCCCCCCCCCC)c(OCCCCCCCCCCCCCCCC)c(OCCCCCCCCCCCCCCCC)c4)c(C)c3C)c(C)c2C)cc(OCCCCCCCCCCCCCCCC)c1OCCCCCCCCCCCCCCCC. The maximum absolute atomic E-state index is 15.3. The van der Waals surface area contributed by atoms with E-state index in [1.54, 1.807) is 0 Å². The number of aromatic amines is 2. The van der Waals surface area contributed by atoms with Crippen LogP contribution in [0.2, 0.25) is 0 Å². The molecule has 136 heavy (non-hydrogen) atoms. The first-order chi connectivity index (χ1) is 66.9. The van der Waals surface area contributed by atoms with E-state index in [-0.39, 0.29) is 5.76 Å². The second-order valence-corrected chi connectivity index (χ2v) is 41.8. The molecule has 0 unspecified atom stereocenters. The fourth-order valence-corrected chi connectivity index (χ4v) is 19.9. The quantitative estimate of drug-likeness (QED) is 0.0148. The van der Waals surface area contributed by atoms with E-state index in [0.717, 1.165) is 111 Å². The molecule has 2 aromatic heterocycles. The lowest BCUT2D eigenvalue weighted by molar-refractivity contribution is 0.104. The first kappa shape index (κ1) is 123. The molecule has 2 N–H and O–H groups in total. The largest absolute Gasteiger partial charge is 0.796 e. The van der Waals surface area contributed by atoms with Crippen LogP contribution < -0.4 is 28.4 Å². The van der Waals surface area contributed by atoms with Crippen LogP contribution in [0, 0.1) is 27.7 Å². The number of allylic oxidation sites excluding steroid dienone is 1. The summed E-state index contributed by atoms with van der Waals surface area (Å²) in [5.41, 5.74) is 6.74. The minimum Gasteiger partial charge on any atom is -0.503 e. The summed E-state index contributed by atoms with van der Waals surface area (Å²) >= 11 is 0. The van der Waals surface area contributed by atoms with E-state index in [0.29, 0.717) is 96.8 Å². The van der Waals surface area contributed by atoms with Gasteiger partial charge < -0.3 is 43.0 Å². The lowest BCUT2D eigenvalue weighted by Gasteiger charge is -2.19. The zero-order valence-corrected chi connectivity index (χ0v) is 91.1. The van der Waals surface area contributed by atoms with E-state index in [9.17, 15) is 0 Å². The molecule has 0 spiro atoms. The molecule has 0 aliphatic carbocycles. The zero-order chi connectivity index (χ0) is 97.5. The van der Waals surface area contributed by atoms with Crippen LogP contribution in [0.3, 0.4) is 0 Å². The number of hydrogen-bond acceptors (Lipinski definition) is 8. The van der Waals surface area contributed by atoms with Gasteiger partial charge >= 0.3 is 7.47 Å². The lowest BCUT2D eigenvalue weighted by atomic mass is 10.0. The molecule has 0 fully saturated rings. The number of carbonyl (C=O) groups is 1. The number of rotatable bonds is 103. The number of ether oxygens (including phenoxy) is 6. The van der Waals surface area contributed by atoms with E-state index >= 15 is 13.4 Å². The van der Waals surface area contributed by atoms with E-state index in [1.807, 2.05) is 27.7 Å². The Morgan fingerprint density at radius 1 is 0.235 bits per heavy atom. The molecule has 10 nitrogen and oxygen atoms in total. The Morgan fingerprint density at radius 3 is 0.581 bits per heavy atom. The highest BCUT2D eigenvalue weighted by Gasteiger charge is 2.29. The van der Waals surface area contributed by atoms with Gasteiger partial charge in [-0.25, -0.2) is 8.63 Å². The van der Waals surface area contributed by atoms with Crippen molar-refractivity contribution in [1.82, 2.24) is 9.97 Å². The van der Waals surface area contributed by atoms with Crippen molar-refractivity contribution in [2.45, 2.75) is 609 Å². The van der Waals surface area contributed by atoms with Crippen LogP contribution in [0.4, 0.5) is 8.63 Å². The number of aromatic nitrogens is 2. The lowest BCUT2D eigenvalue weighted by Crippen LogP contribution is -2.08. The summed E-state index contributed by atoms with van der Waals surface area (Å²) in [5, 5.41) is 0. The Kier molecular flexibility index (Phi) is 80.5. The van der Waals surface area contributed by atoms with Crippen molar-refractivity contribution >= 4 is 19.0 Å². The minimum atomic E-state index is -3.21. The number of hydrogen-bond donors (Lipinski definition) is 2. The van der Waals surface area contributed by atoms with Crippen molar-refractivity contribution in [3.8, 4) is 57.0 Å². The second-order valence-electron chi connectivity index (χ2n) is 41.8. The van der Waals surface area contributed by atoms with Crippen molar-refractivity contribution in [1.29, 1.82) is 0 Å². The third-order valence-electron chi connectivity index (χ3n) is 29.2. The van der Waals surface area contributed by atoms with E-state index in [4.69, 9.17) is 33.1 Å². The predicted octanol–water partition coefficient (Wildman–Crippen LogP) is 42.2. The highest BCUT2D eigenvalue weighted by atomic mass is 19.2. The van der Waals surface area contributed by atoms with Crippen molar-refractivity contribution in [3.05, 3.63) is 64.0 Å². The molecular weight excluding hydrogens is 1680 g/mol. The third-order valence-corrected chi connectivity index (χ3v) is 29.2. The van der Waals surface area contributed by atoms with Gasteiger partial charge in [-0.15, -0.1) is 0 Å². The molecule has 0 radical (unpaired) electrons. The number of nitrogens with one attached hydrogen (secondary N) is 2. The van der Waals surface area contributed by atoms with Gasteiger partial charge in [-0.3, -0.25) is 4.79 Å². The zero-order valence-electron chi connectivity index (χ0n) is 91.1. The van der Waals surface area contributed by atoms with Gasteiger partial charge in [0.2, 0.25) is 17.3 Å². The normalized spacial score (nSPS) is 11.8. The van der Waals surface area contributed by atoms with Crippen LogP contribution in [0.1, 0.15) is 619 Å². The molecule has 2 heterocycles. The Labute approximate surface area is 839 Å². The minimum absolute atomic E-state index is 0.240. The summed E-state index contributed by atoms with van der Waals surface area (Å²) in [6, 6.07) is 8.23. The summed E-state index contributed by atoms with van der Waals surface area (Å²) in [6.45, 7) is 24.9. The van der Waals surface area contributed by atoms with E-state index in [2.05, 4.69) is 75.8 Å². The average molecular weight is 1900 g/mol. The Hall–Kier alpha value is -5.07. The van der Waals surface area contributed by atoms with Crippen molar-refractivity contribution in [3.63, 3.8) is 0 Å². The van der Waals surface area contributed by atoms with Crippen LogP contribution in [0.5, 0.6) is 34.5 Å². The standard InChI is InChI=1S/C123H217BF2N2O8/c1-11-17-23-29-35-41-47-53-59-65-71-77-83-89-95-130-114-101-110(102-115(131-96-90-84-78-72-66-60-54-48-42-36-30-24-18-12-2)122(114)134-99-93-87-81-75-69-63-57-51-45-39-33-27-21-15-5)118-106(7)108(9)120(127-118)112(129)105-113(136-124(125)126)121-109(10)107(8)119(128-121)111-103-116(132-97-91-85-79-73-67-61-55-49-43-37-31-25-19-13-3)123(135-100-94-88-82-76-70-64-58-52-46-40-34-28-22-16-6)117(104-111)133-98-92-86-80-74-68-62-56-50-44-38-32-26-20-14-4/h101-105,127-128H,11-100H2,1-10H3/b113-105-. The smallest absolute Gasteiger partial charge is 0.503 e. The third kappa shape index (κ3) is 61.7. The molecule has 784 valence electrons. The molecule has 0 aliphatic rings. The van der Waals surface area contributed by atoms with Crippen LogP contribution in [-0.4, -0.2) is 62.9 Å². The van der Waals surface area contributed by atoms with Gasteiger partial charge in [-0.2, -0.15) is 0 Å². The molecule has 0 bridgehead atoms.